The number of rotatable bonds is 4. The molecule has 0 N–H and O–H groups in total. The average Bonchev–Trinajstić information content (AvgIpc) is 1.68. The van der Waals surface area contributed by atoms with Gasteiger partial charge < -0.3 is 4.90 Å². The zero-order valence-electron chi connectivity index (χ0n) is 5.44. The van der Waals surface area contributed by atoms with E-state index in [-0.39, 0.29) is 17.0 Å². The average molecular weight is 237 g/mol. The molecule has 4 heteroatoms. The van der Waals surface area contributed by atoms with Gasteiger partial charge in [0.25, 0.3) is 0 Å². The second-order valence-corrected chi connectivity index (χ2v) is 2.44. The van der Waals surface area contributed by atoms with Crippen molar-refractivity contribution in [1.82, 2.24) is 4.90 Å². The molecule has 0 bridgehead atoms. The summed E-state index contributed by atoms with van der Waals surface area (Å²) in [5.41, 5.74) is 0. The van der Waals surface area contributed by atoms with Gasteiger partial charge in [-0.3, -0.25) is 0 Å². The van der Waals surface area contributed by atoms with Gasteiger partial charge in [-0.15, -0.1) is 40.2 Å². The predicted molar refractivity (Wildman–Crippen MR) is 49.3 cm³/mol. The second-order valence-electron chi connectivity index (χ2n) is 1.68. The quantitative estimate of drug-likeness (QED) is 0.675. The first kappa shape index (κ1) is 12.7. The van der Waals surface area contributed by atoms with Crippen molar-refractivity contribution in [2.45, 2.75) is 0 Å². The number of halogens is 3. The van der Waals surface area contributed by atoms with E-state index < -0.39 is 0 Å². The first-order valence-corrected chi connectivity index (χ1v) is 3.68. The van der Waals surface area contributed by atoms with Gasteiger partial charge in [-0.1, -0.05) is 0 Å². The van der Waals surface area contributed by atoms with E-state index >= 15 is 0 Å². The largest absolute Gasteiger partial charge is 0.304 e. The number of alkyl halides is 2. The lowest BCUT2D eigenvalue weighted by Gasteiger charge is -2.11. The maximum atomic E-state index is 5.45. The van der Waals surface area contributed by atoms with Gasteiger partial charge in [0.05, 0.1) is 0 Å². The van der Waals surface area contributed by atoms with Gasteiger partial charge in [0.15, 0.2) is 0 Å². The Morgan fingerprint density at radius 1 is 1.11 bits per heavy atom. The Kier molecular flexibility index (Phi) is 12.7. The fourth-order valence-electron chi connectivity index (χ4n) is 0.400. The van der Waals surface area contributed by atoms with Crippen LogP contribution in [0.4, 0.5) is 0 Å². The summed E-state index contributed by atoms with van der Waals surface area (Å²) in [7, 11) is 2.00. The molecule has 0 aliphatic rings. The van der Waals surface area contributed by atoms with E-state index in [0.717, 1.165) is 13.1 Å². The van der Waals surface area contributed by atoms with Crippen LogP contribution in [0.1, 0.15) is 0 Å². The van der Waals surface area contributed by atoms with Crippen molar-refractivity contribution in [2.24, 2.45) is 0 Å². The van der Waals surface area contributed by atoms with Crippen LogP contribution in [0.5, 0.6) is 0 Å². The highest BCUT2D eigenvalue weighted by Gasteiger charge is 1.92. The van der Waals surface area contributed by atoms with E-state index in [4.69, 9.17) is 23.2 Å². The summed E-state index contributed by atoms with van der Waals surface area (Å²) in [6.45, 7) is 1.85. The van der Waals surface area contributed by atoms with E-state index in [2.05, 4.69) is 4.90 Å². The zero-order chi connectivity index (χ0) is 6.41. The number of hydrogen-bond donors (Lipinski definition) is 0. The Morgan fingerprint density at radius 3 is 1.67 bits per heavy atom. The van der Waals surface area contributed by atoms with Crippen molar-refractivity contribution in [2.75, 3.05) is 31.9 Å². The SMILES string of the molecule is Br.CN(CCCl)CCCl. The molecule has 0 saturated heterocycles. The Labute approximate surface area is 77.1 Å². The van der Waals surface area contributed by atoms with Crippen LogP contribution in [0.25, 0.3) is 0 Å². The fraction of sp³-hybridized carbons (Fsp3) is 1.00. The molecule has 0 aliphatic carbocycles. The molecule has 0 radical (unpaired) electrons. The molecule has 0 heterocycles. The Bertz CT molecular complexity index is 48.2. The lowest BCUT2D eigenvalue weighted by atomic mass is 10.6. The molecular weight excluding hydrogens is 225 g/mol. The lowest BCUT2D eigenvalue weighted by Crippen LogP contribution is -2.22. The second kappa shape index (κ2) is 9.02. The van der Waals surface area contributed by atoms with Crippen molar-refractivity contribution < 1.29 is 0 Å². The summed E-state index contributed by atoms with van der Waals surface area (Å²) in [5.74, 6) is 1.38. The van der Waals surface area contributed by atoms with Gasteiger partial charge in [-0.25, -0.2) is 0 Å². The van der Waals surface area contributed by atoms with Crippen LogP contribution < -0.4 is 0 Å². The molecule has 0 saturated carbocycles. The summed E-state index contributed by atoms with van der Waals surface area (Å²) in [6.07, 6.45) is 0. The van der Waals surface area contributed by atoms with E-state index in [1.54, 1.807) is 0 Å². The number of nitrogens with zero attached hydrogens (tertiary/aromatic N) is 1. The monoisotopic (exact) mass is 235 g/mol. The first-order chi connectivity index (χ1) is 3.81. The summed E-state index contributed by atoms with van der Waals surface area (Å²) in [4.78, 5) is 2.10. The minimum Gasteiger partial charge on any atom is -0.304 e. The third-order valence-corrected chi connectivity index (χ3v) is 1.27. The molecule has 9 heavy (non-hydrogen) atoms. The van der Waals surface area contributed by atoms with Crippen LogP contribution in [0.15, 0.2) is 0 Å². The highest BCUT2D eigenvalue weighted by Crippen LogP contribution is 1.85. The van der Waals surface area contributed by atoms with Gasteiger partial charge in [0.1, 0.15) is 0 Å². The molecule has 0 aromatic rings. The minimum absolute atomic E-state index is 0. The number of hydrogen-bond acceptors (Lipinski definition) is 1. The van der Waals surface area contributed by atoms with Gasteiger partial charge in [0, 0.05) is 24.8 Å². The third kappa shape index (κ3) is 9.02. The normalized spacial score (nSPS) is 9.33. The van der Waals surface area contributed by atoms with Crippen LogP contribution >= 0.6 is 40.2 Å². The van der Waals surface area contributed by atoms with Crippen molar-refractivity contribution in [3.8, 4) is 0 Å². The molecule has 0 rings (SSSR count). The minimum atomic E-state index is 0. The van der Waals surface area contributed by atoms with Crippen LogP contribution in [0, 0.1) is 0 Å². The van der Waals surface area contributed by atoms with Crippen molar-refractivity contribution >= 4 is 40.2 Å². The molecule has 0 fully saturated rings. The van der Waals surface area contributed by atoms with E-state index in [1.165, 1.54) is 0 Å². The molecule has 0 amide bonds. The van der Waals surface area contributed by atoms with Crippen LogP contribution in [0.2, 0.25) is 0 Å². The Balaban J connectivity index is 0. The smallest absolute Gasteiger partial charge is 0.0351 e. The Morgan fingerprint density at radius 2 is 1.44 bits per heavy atom. The summed E-state index contributed by atoms with van der Waals surface area (Å²) >= 11 is 10.9. The molecule has 0 aromatic carbocycles. The molecule has 0 unspecified atom stereocenters. The van der Waals surface area contributed by atoms with Crippen molar-refractivity contribution in [3.63, 3.8) is 0 Å². The molecule has 0 aromatic heterocycles. The lowest BCUT2D eigenvalue weighted by molar-refractivity contribution is 0.378. The third-order valence-electron chi connectivity index (χ3n) is 0.932. The maximum Gasteiger partial charge on any atom is 0.0351 e. The summed E-state index contributed by atoms with van der Waals surface area (Å²) < 4.78 is 0. The molecule has 58 valence electrons. The molecule has 1 nitrogen and oxygen atoms in total. The predicted octanol–water partition coefficient (Wildman–Crippen LogP) is 1.97. The zero-order valence-corrected chi connectivity index (χ0v) is 8.66. The topological polar surface area (TPSA) is 3.24 Å². The maximum absolute atomic E-state index is 5.45. The Hall–Kier alpha value is 1.02. The van der Waals surface area contributed by atoms with Crippen LogP contribution in [0.3, 0.4) is 0 Å². The van der Waals surface area contributed by atoms with Crippen molar-refractivity contribution in [1.29, 1.82) is 0 Å². The standard InChI is InChI=1S/C5H11Cl2N.BrH/c1-8(4-2-6)5-3-7;/h2-5H2,1H3;1H. The van der Waals surface area contributed by atoms with Gasteiger partial charge in [-0.2, -0.15) is 0 Å². The van der Waals surface area contributed by atoms with Gasteiger partial charge in [0.2, 0.25) is 0 Å². The van der Waals surface area contributed by atoms with E-state index in [0.29, 0.717) is 11.8 Å². The summed E-state index contributed by atoms with van der Waals surface area (Å²) in [6, 6.07) is 0. The van der Waals surface area contributed by atoms with Crippen molar-refractivity contribution in [3.05, 3.63) is 0 Å². The van der Waals surface area contributed by atoms with Gasteiger partial charge >= 0.3 is 0 Å². The first-order valence-electron chi connectivity index (χ1n) is 2.61. The fourth-order valence-corrected chi connectivity index (χ4v) is 0.977. The van der Waals surface area contributed by atoms with Gasteiger partial charge in [-0.05, 0) is 7.05 Å². The van der Waals surface area contributed by atoms with Crippen LogP contribution in [-0.4, -0.2) is 36.8 Å². The highest BCUT2D eigenvalue weighted by atomic mass is 79.9. The molecular formula is C5H12BrCl2N. The highest BCUT2D eigenvalue weighted by molar-refractivity contribution is 8.93. The van der Waals surface area contributed by atoms with E-state index in [1.807, 2.05) is 7.05 Å². The molecule has 0 aliphatic heterocycles. The summed E-state index contributed by atoms with van der Waals surface area (Å²) in [5, 5.41) is 0. The van der Waals surface area contributed by atoms with E-state index in [9.17, 15) is 0 Å². The molecule has 0 atom stereocenters. The molecule has 0 spiro atoms. The van der Waals surface area contributed by atoms with Crippen LogP contribution in [-0.2, 0) is 0 Å².